The molecule has 1 aromatic heterocycles. The molecule has 0 saturated carbocycles. The highest BCUT2D eigenvalue weighted by atomic mass is 35.5. The smallest absolute Gasteiger partial charge is 0.194 e. The summed E-state index contributed by atoms with van der Waals surface area (Å²) in [6.07, 6.45) is -2.45. The SMILES string of the molecule is OCC1O[C@H](Sc2ccc(Cl)cc2)C(O)C(n2cc(-c3cc(F)c(F)c(F)c3)nn2)[C@H]1O. The third-order valence-electron chi connectivity index (χ3n) is 5.01. The van der Waals surface area contributed by atoms with Gasteiger partial charge in [-0.2, -0.15) is 0 Å². The highest BCUT2D eigenvalue weighted by Crippen LogP contribution is 2.38. The second-order valence-corrected chi connectivity index (χ2v) is 8.71. The average Bonchev–Trinajstić information content (AvgIpc) is 3.25. The fourth-order valence-corrected chi connectivity index (χ4v) is 4.57. The van der Waals surface area contributed by atoms with Gasteiger partial charge in [-0.25, -0.2) is 17.9 Å². The lowest BCUT2D eigenvalue weighted by Gasteiger charge is -2.41. The number of halogens is 4. The molecule has 0 spiro atoms. The quantitative estimate of drug-likeness (QED) is 0.476. The van der Waals surface area contributed by atoms with Crippen LogP contribution in [0.4, 0.5) is 13.2 Å². The van der Waals surface area contributed by atoms with Crippen LogP contribution in [0.5, 0.6) is 0 Å². The number of ether oxygens (including phenoxy) is 1. The number of nitrogens with zero attached hydrogens (tertiary/aromatic N) is 3. The summed E-state index contributed by atoms with van der Waals surface area (Å²) in [4.78, 5) is 0.724. The Labute approximate surface area is 189 Å². The van der Waals surface area contributed by atoms with Crippen molar-refractivity contribution in [3.63, 3.8) is 0 Å². The Kier molecular flexibility index (Phi) is 6.75. The van der Waals surface area contributed by atoms with Gasteiger partial charge in [0.05, 0.1) is 12.8 Å². The van der Waals surface area contributed by atoms with Crippen molar-refractivity contribution >= 4 is 23.4 Å². The lowest BCUT2D eigenvalue weighted by atomic mass is 9.97. The molecule has 170 valence electrons. The van der Waals surface area contributed by atoms with Gasteiger partial charge in [-0.1, -0.05) is 28.6 Å². The first-order valence-corrected chi connectivity index (χ1v) is 10.7. The number of thioether (sulfide) groups is 1. The molecule has 3 unspecified atom stereocenters. The molecular formula is C20H17ClF3N3O4S. The van der Waals surface area contributed by atoms with Gasteiger partial charge in [0, 0.05) is 15.5 Å². The molecular weight excluding hydrogens is 471 g/mol. The first-order valence-electron chi connectivity index (χ1n) is 9.40. The second-order valence-electron chi connectivity index (χ2n) is 7.11. The third kappa shape index (κ3) is 4.49. The Hall–Kier alpha value is -2.15. The van der Waals surface area contributed by atoms with Crippen LogP contribution in [-0.4, -0.2) is 60.7 Å². The van der Waals surface area contributed by atoms with Crippen molar-refractivity contribution in [1.82, 2.24) is 15.0 Å². The first kappa shape index (κ1) is 23.0. The summed E-state index contributed by atoms with van der Waals surface area (Å²) in [5, 5.41) is 39.4. The van der Waals surface area contributed by atoms with Gasteiger partial charge in [-0.05, 0) is 36.4 Å². The van der Waals surface area contributed by atoms with Gasteiger partial charge in [-0.15, -0.1) is 5.10 Å². The summed E-state index contributed by atoms with van der Waals surface area (Å²) >= 11 is 7.04. The summed E-state index contributed by atoms with van der Waals surface area (Å²) < 4.78 is 47.2. The van der Waals surface area contributed by atoms with Gasteiger partial charge in [0.1, 0.15) is 35.5 Å². The molecule has 0 radical (unpaired) electrons. The van der Waals surface area contributed by atoms with Crippen molar-refractivity contribution in [3.05, 3.63) is 65.1 Å². The minimum Gasteiger partial charge on any atom is -0.394 e. The number of rotatable bonds is 5. The number of aliphatic hydroxyl groups excluding tert-OH is 3. The van der Waals surface area contributed by atoms with Gasteiger partial charge < -0.3 is 20.1 Å². The Morgan fingerprint density at radius 2 is 1.72 bits per heavy atom. The van der Waals surface area contributed by atoms with Crippen LogP contribution in [0, 0.1) is 17.5 Å². The summed E-state index contributed by atoms with van der Waals surface area (Å²) in [7, 11) is 0. The van der Waals surface area contributed by atoms with Crippen LogP contribution >= 0.6 is 23.4 Å². The van der Waals surface area contributed by atoms with Crippen molar-refractivity contribution in [2.75, 3.05) is 6.61 Å². The van der Waals surface area contributed by atoms with E-state index in [1.54, 1.807) is 24.3 Å². The van der Waals surface area contributed by atoms with Crippen molar-refractivity contribution < 1.29 is 33.2 Å². The van der Waals surface area contributed by atoms with Gasteiger partial charge in [0.25, 0.3) is 0 Å². The minimum atomic E-state index is -1.61. The number of hydrogen-bond acceptors (Lipinski definition) is 7. The average molecular weight is 488 g/mol. The van der Waals surface area contributed by atoms with E-state index in [-0.39, 0.29) is 11.3 Å². The normalized spacial score (nSPS) is 25.8. The zero-order chi connectivity index (χ0) is 23.0. The molecule has 0 aliphatic carbocycles. The molecule has 1 saturated heterocycles. The van der Waals surface area contributed by atoms with Crippen LogP contribution in [0.1, 0.15) is 6.04 Å². The molecule has 12 heteroatoms. The van der Waals surface area contributed by atoms with E-state index in [0.29, 0.717) is 5.02 Å². The van der Waals surface area contributed by atoms with Gasteiger partial charge in [0.2, 0.25) is 0 Å². The Balaban J connectivity index is 1.63. The van der Waals surface area contributed by atoms with Crippen molar-refractivity contribution in [2.24, 2.45) is 0 Å². The van der Waals surface area contributed by atoms with E-state index in [9.17, 15) is 28.5 Å². The molecule has 0 amide bonds. The summed E-state index contributed by atoms with van der Waals surface area (Å²) in [5.74, 6) is -4.38. The Morgan fingerprint density at radius 3 is 2.34 bits per heavy atom. The topological polar surface area (TPSA) is 101 Å². The van der Waals surface area contributed by atoms with E-state index in [1.807, 2.05) is 0 Å². The fraction of sp³-hybridized carbons (Fsp3) is 0.300. The van der Waals surface area contributed by atoms with E-state index in [2.05, 4.69) is 10.3 Å². The van der Waals surface area contributed by atoms with Crippen LogP contribution in [0.3, 0.4) is 0 Å². The van der Waals surface area contributed by atoms with Crippen molar-refractivity contribution in [2.45, 2.75) is 34.7 Å². The Morgan fingerprint density at radius 1 is 1.06 bits per heavy atom. The van der Waals surface area contributed by atoms with Gasteiger partial charge in [-0.3, -0.25) is 0 Å². The van der Waals surface area contributed by atoms with E-state index >= 15 is 0 Å². The van der Waals surface area contributed by atoms with Gasteiger partial charge in [0.15, 0.2) is 17.5 Å². The highest BCUT2D eigenvalue weighted by Gasteiger charge is 2.46. The highest BCUT2D eigenvalue weighted by molar-refractivity contribution is 7.99. The molecule has 4 rings (SSSR count). The largest absolute Gasteiger partial charge is 0.394 e. The molecule has 3 aromatic rings. The molecule has 2 aromatic carbocycles. The van der Waals surface area contributed by atoms with Gasteiger partial charge >= 0.3 is 0 Å². The summed E-state index contributed by atoms with van der Waals surface area (Å²) in [6.45, 7) is -0.530. The third-order valence-corrected chi connectivity index (χ3v) is 6.43. The molecule has 5 atom stereocenters. The number of hydrogen-bond donors (Lipinski definition) is 3. The number of aliphatic hydroxyl groups is 3. The molecule has 0 bridgehead atoms. The Bertz CT molecular complexity index is 1080. The monoisotopic (exact) mass is 487 g/mol. The predicted octanol–water partition coefficient (Wildman–Crippen LogP) is 2.79. The fourth-order valence-electron chi connectivity index (χ4n) is 3.38. The van der Waals surface area contributed by atoms with E-state index in [4.69, 9.17) is 16.3 Å². The minimum absolute atomic E-state index is 0.00357. The summed E-state index contributed by atoms with van der Waals surface area (Å²) in [6, 6.07) is 7.21. The van der Waals surface area contributed by atoms with Crippen LogP contribution in [-0.2, 0) is 4.74 Å². The first-order chi connectivity index (χ1) is 15.3. The lowest BCUT2D eigenvalue weighted by molar-refractivity contribution is -0.178. The summed E-state index contributed by atoms with van der Waals surface area (Å²) in [5.41, 5.74) is -0.972. The van der Waals surface area contributed by atoms with Crippen LogP contribution in [0.25, 0.3) is 11.3 Å². The molecule has 3 N–H and O–H groups in total. The zero-order valence-corrected chi connectivity index (χ0v) is 17.7. The second kappa shape index (κ2) is 9.38. The number of benzene rings is 2. The lowest BCUT2D eigenvalue weighted by Crippen LogP contribution is -2.55. The standard InChI is InChI=1S/C20H17ClF3N3O4S/c21-10-1-3-11(4-2-10)32-20-19(30)17(18(29)15(8-28)31-20)27-7-14(25-26-27)9-5-12(22)16(24)13(23)6-9/h1-7,15,17-20,28-30H,8H2/t15?,17?,18-,19?,20+/m0/s1. The maximum absolute atomic E-state index is 13.6. The molecule has 2 heterocycles. The van der Waals surface area contributed by atoms with E-state index in [1.165, 1.54) is 6.20 Å². The predicted molar refractivity (Wildman–Crippen MR) is 109 cm³/mol. The molecule has 1 aliphatic rings. The molecule has 32 heavy (non-hydrogen) atoms. The van der Waals surface area contributed by atoms with E-state index in [0.717, 1.165) is 33.5 Å². The van der Waals surface area contributed by atoms with Crippen molar-refractivity contribution in [3.8, 4) is 11.3 Å². The van der Waals surface area contributed by atoms with Crippen LogP contribution in [0.2, 0.25) is 5.02 Å². The van der Waals surface area contributed by atoms with E-state index < -0.39 is 53.8 Å². The van der Waals surface area contributed by atoms with Crippen molar-refractivity contribution in [1.29, 1.82) is 0 Å². The molecule has 7 nitrogen and oxygen atoms in total. The zero-order valence-electron chi connectivity index (χ0n) is 16.1. The van der Waals surface area contributed by atoms with Crippen LogP contribution < -0.4 is 0 Å². The molecule has 1 aliphatic heterocycles. The van der Waals surface area contributed by atoms with Crippen LogP contribution in [0.15, 0.2) is 47.5 Å². The molecule has 1 fully saturated rings. The maximum atomic E-state index is 13.6. The number of aromatic nitrogens is 3. The maximum Gasteiger partial charge on any atom is 0.194 e.